The highest BCUT2D eigenvalue weighted by atomic mass is 16.5. The van der Waals surface area contributed by atoms with E-state index in [1.54, 1.807) is 0 Å². The summed E-state index contributed by atoms with van der Waals surface area (Å²) in [7, 11) is 0. The van der Waals surface area contributed by atoms with E-state index in [0.29, 0.717) is 26.4 Å². The van der Waals surface area contributed by atoms with Gasteiger partial charge < -0.3 is 14.4 Å². The summed E-state index contributed by atoms with van der Waals surface area (Å²) in [6.07, 6.45) is 5.86. The molecule has 0 bridgehead atoms. The number of nitrogens with zero attached hydrogens (tertiary/aromatic N) is 1. The molecule has 2 aliphatic rings. The van der Waals surface area contributed by atoms with Crippen LogP contribution >= 0.6 is 0 Å². The number of ether oxygens (including phenoxy) is 2. The number of piperidine rings is 1. The topological polar surface area (TPSA) is 55.8 Å². The maximum atomic E-state index is 13.0. The second-order valence-electron chi connectivity index (χ2n) is 8.09. The predicted molar refractivity (Wildman–Crippen MR) is 108 cm³/mol. The normalized spacial score (nSPS) is 23.4. The molecule has 0 N–H and O–H groups in total. The predicted octanol–water partition coefficient (Wildman–Crippen LogP) is 3.61. The van der Waals surface area contributed by atoms with Crippen molar-refractivity contribution in [1.82, 2.24) is 4.90 Å². The summed E-state index contributed by atoms with van der Waals surface area (Å²) in [5.41, 5.74) is 0.719. The molecule has 28 heavy (non-hydrogen) atoms. The van der Waals surface area contributed by atoms with Crippen molar-refractivity contribution in [2.24, 2.45) is 11.3 Å². The van der Waals surface area contributed by atoms with E-state index in [0.717, 1.165) is 51.5 Å². The van der Waals surface area contributed by atoms with Gasteiger partial charge in [0.1, 0.15) is 0 Å². The van der Waals surface area contributed by atoms with Crippen LogP contribution in [0.2, 0.25) is 0 Å². The number of carbonyl (C=O) groups excluding carboxylic acids is 2. The average molecular weight is 388 g/mol. The number of hydrogen-bond acceptors (Lipinski definition) is 4. The average Bonchev–Trinajstić information content (AvgIpc) is 2.75. The maximum Gasteiger partial charge on any atom is 0.313 e. The Morgan fingerprint density at radius 3 is 2.68 bits per heavy atom. The number of amides is 1. The Morgan fingerprint density at radius 1 is 1.21 bits per heavy atom. The lowest BCUT2D eigenvalue weighted by atomic mass is 9.75. The van der Waals surface area contributed by atoms with Crippen LogP contribution in [-0.4, -0.2) is 49.7 Å². The van der Waals surface area contributed by atoms with Crippen molar-refractivity contribution in [3.63, 3.8) is 0 Å². The number of rotatable bonds is 7. The van der Waals surface area contributed by atoms with Crippen LogP contribution in [0.3, 0.4) is 0 Å². The van der Waals surface area contributed by atoms with Crippen LogP contribution in [0.15, 0.2) is 30.3 Å². The van der Waals surface area contributed by atoms with Gasteiger partial charge >= 0.3 is 5.97 Å². The third-order valence-corrected chi connectivity index (χ3v) is 6.13. The zero-order valence-corrected chi connectivity index (χ0v) is 17.0. The zero-order valence-electron chi connectivity index (χ0n) is 17.0. The van der Waals surface area contributed by atoms with Gasteiger partial charge in [0.2, 0.25) is 5.91 Å². The molecular formula is C23H33NO4. The summed E-state index contributed by atoms with van der Waals surface area (Å²) in [4.78, 5) is 27.9. The monoisotopic (exact) mass is 387 g/mol. The summed E-state index contributed by atoms with van der Waals surface area (Å²) in [5, 5.41) is 0. The highest BCUT2D eigenvalue weighted by Gasteiger charge is 2.45. The smallest absolute Gasteiger partial charge is 0.313 e. The molecule has 1 atom stereocenters. The van der Waals surface area contributed by atoms with Gasteiger partial charge in [-0.15, -0.1) is 0 Å². The molecule has 0 aromatic heterocycles. The fourth-order valence-corrected chi connectivity index (χ4v) is 4.56. The Morgan fingerprint density at radius 2 is 1.96 bits per heavy atom. The summed E-state index contributed by atoms with van der Waals surface area (Å²) in [5.74, 6) is 0.100. The van der Waals surface area contributed by atoms with Gasteiger partial charge in [0.25, 0.3) is 0 Å². The van der Waals surface area contributed by atoms with Crippen LogP contribution in [-0.2, 0) is 25.5 Å². The summed E-state index contributed by atoms with van der Waals surface area (Å²) in [6.45, 7) is 4.79. The molecule has 1 aromatic rings. The van der Waals surface area contributed by atoms with E-state index in [2.05, 4.69) is 12.1 Å². The Balaban J connectivity index is 1.67. The van der Waals surface area contributed by atoms with E-state index < -0.39 is 5.41 Å². The van der Waals surface area contributed by atoms with Crippen LogP contribution in [0, 0.1) is 11.3 Å². The molecular weight excluding hydrogens is 354 g/mol. The number of esters is 1. The highest BCUT2D eigenvalue weighted by Crippen LogP contribution is 2.37. The number of hydrogen-bond donors (Lipinski definition) is 0. The van der Waals surface area contributed by atoms with Gasteiger partial charge in [-0.25, -0.2) is 0 Å². The molecule has 3 rings (SSSR count). The van der Waals surface area contributed by atoms with Crippen molar-refractivity contribution >= 4 is 11.9 Å². The lowest BCUT2D eigenvalue weighted by Crippen LogP contribution is -2.52. The molecule has 2 heterocycles. The lowest BCUT2D eigenvalue weighted by molar-refractivity contribution is -0.162. The van der Waals surface area contributed by atoms with Crippen molar-refractivity contribution in [2.45, 2.75) is 51.9 Å². The minimum absolute atomic E-state index is 0.0380. The molecule has 0 unspecified atom stereocenters. The minimum atomic E-state index is -0.566. The molecule has 5 nitrogen and oxygen atoms in total. The minimum Gasteiger partial charge on any atom is -0.466 e. The molecule has 1 amide bonds. The third-order valence-electron chi connectivity index (χ3n) is 6.13. The Hall–Kier alpha value is -1.88. The highest BCUT2D eigenvalue weighted by molar-refractivity contribution is 5.82. The first-order valence-electron chi connectivity index (χ1n) is 10.7. The van der Waals surface area contributed by atoms with E-state index in [1.807, 2.05) is 30.0 Å². The number of benzene rings is 1. The molecule has 2 saturated heterocycles. The van der Waals surface area contributed by atoms with E-state index in [1.165, 1.54) is 5.56 Å². The fraction of sp³-hybridized carbons (Fsp3) is 0.652. The van der Waals surface area contributed by atoms with Crippen LogP contribution in [0.25, 0.3) is 0 Å². The summed E-state index contributed by atoms with van der Waals surface area (Å²) in [6, 6.07) is 10.4. The molecule has 154 valence electrons. The number of likely N-dealkylation sites (tertiary alicyclic amines) is 1. The van der Waals surface area contributed by atoms with Crippen molar-refractivity contribution in [3.05, 3.63) is 35.9 Å². The van der Waals surface area contributed by atoms with Crippen LogP contribution in [0.1, 0.15) is 51.0 Å². The van der Waals surface area contributed by atoms with Gasteiger partial charge in [0.05, 0.1) is 12.0 Å². The van der Waals surface area contributed by atoms with Crippen molar-refractivity contribution in [2.75, 3.05) is 32.9 Å². The fourth-order valence-electron chi connectivity index (χ4n) is 4.56. The Kier molecular flexibility index (Phi) is 7.49. The first-order chi connectivity index (χ1) is 13.6. The Bertz CT molecular complexity index is 641. The third kappa shape index (κ3) is 5.13. The lowest BCUT2D eigenvalue weighted by Gasteiger charge is -2.42. The van der Waals surface area contributed by atoms with Gasteiger partial charge in [-0.3, -0.25) is 9.59 Å². The molecule has 0 saturated carbocycles. The SMILES string of the molecule is CCOC(=O)[C@@]1(CCCc2ccccc2)CCCN(C(=O)C2CCOCC2)C1. The van der Waals surface area contributed by atoms with Crippen LogP contribution in [0.5, 0.6) is 0 Å². The van der Waals surface area contributed by atoms with Gasteiger partial charge in [0.15, 0.2) is 0 Å². The van der Waals surface area contributed by atoms with E-state index >= 15 is 0 Å². The molecule has 0 radical (unpaired) electrons. The zero-order chi connectivity index (χ0) is 19.8. The van der Waals surface area contributed by atoms with Gasteiger partial charge in [-0.1, -0.05) is 30.3 Å². The quantitative estimate of drug-likeness (QED) is 0.671. The second-order valence-corrected chi connectivity index (χ2v) is 8.09. The van der Waals surface area contributed by atoms with Gasteiger partial charge in [0, 0.05) is 32.2 Å². The molecule has 2 aliphatic heterocycles. The first-order valence-corrected chi connectivity index (χ1v) is 10.7. The largest absolute Gasteiger partial charge is 0.466 e. The van der Waals surface area contributed by atoms with Crippen LogP contribution < -0.4 is 0 Å². The first kappa shape index (κ1) is 20.8. The van der Waals surface area contributed by atoms with E-state index in [9.17, 15) is 9.59 Å². The van der Waals surface area contributed by atoms with E-state index in [4.69, 9.17) is 9.47 Å². The summed E-state index contributed by atoms with van der Waals surface area (Å²) >= 11 is 0. The van der Waals surface area contributed by atoms with Gasteiger partial charge in [-0.2, -0.15) is 0 Å². The van der Waals surface area contributed by atoms with Crippen LogP contribution in [0.4, 0.5) is 0 Å². The molecule has 5 heteroatoms. The molecule has 0 aliphatic carbocycles. The number of carbonyl (C=O) groups is 2. The Labute approximate surface area is 168 Å². The van der Waals surface area contributed by atoms with Crippen molar-refractivity contribution < 1.29 is 19.1 Å². The standard InChI is InChI=1S/C23H33NO4/c1-2-28-22(26)23(13-6-10-19-8-4-3-5-9-19)14-7-15-24(18-23)21(25)20-11-16-27-17-12-20/h3-5,8-9,20H,2,6-7,10-18H2,1H3/t23-/m0/s1. The number of aryl methyl sites for hydroxylation is 1. The van der Waals surface area contributed by atoms with Gasteiger partial charge in [-0.05, 0) is 57.4 Å². The van der Waals surface area contributed by atoms with E-state index in [-0.39, 0.29) is 17.8 Å². The van der Waals surface area contributed by atoms with Crippen molar-refractivity contribution in [3.8, 4) is 0 Å². The van der Waals surface area contributed by atoms with Crippen molar-refractivity contribution in [1.29, 1.82) is 0 Å². The second kappa shape index (κ2) is 10.1. The molecule has 0 spiro atoms. The molecule has 2 fully saturated rings. The maximum absolute atomic E-state index is 13.0. The summed E-state index contributed by atoms with van der Waals surface area (Å²) < 4.78 is 10.9. The molecule has 1 aromatic carbocycles.